The Morgan fingerprint density at radius 3 is 2.42 bits per heavy atom. The highest BCUT2D eigenvalue weighted by Crippen LogP contribution is 2.23. The first kappa shape index (κ1) is 18.6. The molecule has 0 amide bonds. The van der Waals surface area contributed by atoms with Crippen molar-refractivity contribution in [2.24, 2.45) is 0 Å². The first-order valence-corrected chi connectivity index (χ1v) is 9.35. The van der Waals surface area contributed by atoms with Gasteiger partial charge >= 0.3 is 0 Å². The van der Waals surface area contributed by atoms with Crippen molar-refractivity contribution >= 4 is 11.6 Å². The molecular formula is C18H26ClN7. The molecule has 3 aromatic heterocycles. The van der Waals surface area contributed by atoms with Gasteiger partial charge in [0, 0.05) is 49.4 Å². The summed E-state index contributed by atoms with van der Waals surface area (Å²) >= 11 is 5.84. The number of imidazole rings is 2. The first-order valence-electron chi connectivity index (χ1n) is 8.98. The Morgan fingerprint density at radius 1 is 1.04 bits per heavy atom. The standard InChI is InChI=1S/C18H26ClN7/c1-11(2)16-21-14(5)10-26(16)9-13(4)17-20-6-7-25(17)8-12(3)15-22-18(19)24-23-15/h6-7,10-13H,8-9H2,1-5H3,(H,22,23,24). The minimum absolute atomic E-state index is 0.164. The molecule has 140 valence electrons. The molecule has 0 bridgehead atoms. The van der Waals surface area contributed by atoms with Crippen LogP contribution in [0.15, 0.2) is 18.6 Å². The van der Waals surface area contributed by atoms with Crippen LogP contribution in [0.1, 0.15) is 68.6 Å². The number of hydrogen-bond donors (Lipinski definition) is 1. The molecule has 0 saturated carbocycles. The second-order valence-electron chi connectivity index (χ2n) is 7.29. The summed E-state index contributed by atoms with van der Waals surface area (Å²) in [6.07, 6.45) is 6.00. The Bertz CT molecular complexity index is 861. The van der Waals surface area contributed by atoms with Gasteiger partial charge in [-0.3, -0.25) is 0 Å². The molecule has 0 spiro atoms. The van der Waals surface area contributed by atoms with Crippen LogP contribution in [0.5, 0.6) is 0 Å². The summed E-state index contributed by atoms with van der Waals surface area (Å²) in [5, 5.41) is 8.24. The number of aromatic nitrogens is 7. The van der Waals surface area contributed by atoms with Crippen molar-refractivity contribution in [1.82, 2.24) is 34.3 Å². The number of aromatic amines is 1. The lowest BCUT2D eigenvalue weighted by Gasteiger charge is -2.18. The van der Waals surface area contributed by atoms with E-state index < -0.39 is 0 Å². The molecule has 3 aromatic rings. The van der Waals surface area contributed by atoms with E-state index in [1.54, 1.807) is 0 Å². The number of halogens is 1. The van der Waals surface area contributed by atoms with Crippen molar-refractivity contribution in [2.75, 3.05) is 0 Å². The number of aryl methyl sites for hydroxylation is 1. The zero-order valence-corrected chi connectivity index (χ0v) is 16.7. The van der Waals surface area contributed by atoms with E-state index >= 15 is 0 Å². The number of H-pyrrole nitrogens is 1. The van der Waals surface area contributed by atoms with Gasteiger partial charge in [0.05, 0.1) is 5.69 Å². The lowest BCUT2D eigenvalue weighted by Crippen LogP contribution is -2.16. The largest absolute Gasteiger partial charge is 0.334 e. The van der Waals surface area contributed by atoms with Crippen LogP contribution in [0.3, 0.4) is 0 Å². The lowest BCUT2D eigenvalue weighted by molar-refractivity contribution is 0.490. The zero-order chi connectivity index (χ0) is 18.8. The Balaban J connectivity index is 1.75. The number of nitrogens with zero attached hydrogens (tertiary/aromatic N) is 6. The summed E-state index contributed by atoms with van der Waals surface area (Å²) in [5.74, 6) is 3.79. The Hall–Kier alpha value is -2.15. The minimum Gasteiger partial charge on any atom is -0.334 e. The molecule has 2 unspecified atom stereocenters. The van der Waals surface area contributed by atoms with Crippen LogP contribution in [-0.4, -0.2) is 34.3 Å². The van der Waals surface area contributed by atoms with Crippen LogP contribution in [0, 0.1) is 6.92 Å². The second-order valence-corrected chi connectivity index (χ2v) is 7.65. The van der Waals surface area contributed by atoms with Gasteiger partial charge in [-0.25, -0.2) is 9.97 Å². The van der Waals surface area contributed by atoms with Gasteiger partial charge in [-0.2, -0.15) is 0 Å². The van der Waals surface area contributed by atoms with E-state index in [1.165, 1.54) is 0 Å². The average Bonchev–Trinajstić information content (AvgIpc) is 3.27. The van der Waals surface area contributed by atoms with Crippen LogP contribution in [0.4, 0.5) is 0 Å². The average molecular weight is 376 g/mol. The monoisotopic (exact) mass is 375 g/mol. The molecule has 2 atom stereocenters. The van der Waals surface area contributed by atoms with Gasteiger partial charge in [-0.15, -0.1) is 10.2 Å². The van der Waals surface area contributed by atoms with E-state index in [9.17, 15) is 0 Å². The molecule has 0 aliphatic heterocycles. The molecular weight excluding hydrogens is 350 g/mol. The SMILES string of the molecule is Cc1cn(CC(C)c2nccn2CC(C)c2nnc(Cl)[nH]2)c(C(C)C)n1. The molecule has 0 aromatic carbocycles. The molecule has 0 saturated heterocycles. The highest BCUT2D eigenvalue weighted by atomic mass is 35.5. The van der Waals surface area contributed by atoms with E-state index in [4.69, 9.17) is 11.6 Å². The third-order valence-electron chi connectivity index (χ3n) is 4.52. The Morgan fingerprint density at radius 2 is 1.77 bits per heavy atom. The summed E-state index contributed by atoms with van der Waals surface area (Å²) in [6, 6.07) is 0. The van der Waals surface area contributed by atoms with E-state index in [1.807, 2.05) is 19.3 Å². The van der Waals surface area contributed by atoms with Crippen LogP contribution >= 0.6 is 11.6 Å². The highest BCUT2D eigenvalue weighted by Gasteiger charge is 2.19. The molecule has 1 N–H and O–H groups in total. The summed E-state index contributed by atoms with van der Waals surface area (Å²) in [4.78, 5) is 12.3. The summed E-state index contributed by atoms with van der Waals surface area (Å²) < 4.78 is 4.44. The fraction of sp³-hybridized carbons (Fsp3) is 0.556. The van der Waals surface area contributed by atoms with Crippen molar-refractivity contribution in [3.63, 3.8) is 0 Å². The van der Waals surface area contributed by atoms with Gasteiger partial charge in [-0.1, -0.05) is 27.7 Å². The van der Waals surface area contributed by atoms with Crippen LogP contribution in [0.2, 0.25) is 5.28 Å². The second kappa shape index (κ2) is 7.61. The van der Waals surface area contributed by atoms with E-state index in [0.717, 1.165) is 36.3 Å². The molecule has 8 heteroatoms. The molecule has 3 heterocycles. The van der Waals surface area contributed by atoms with Crippen molar-refractivity contribution in [2.45, 2.75) is 65.5 Å². The Labute approximate surface area is 158 Å². The van der Waals surface area contributed by atoms with E-state index in [2.05, 4.69) is 68.2 Å². The highest BCUT2D eigenvalue weighted by molar-refractivity contribution is 6.28. The lowest BCUT2D eigenvalue weighted by atomic mass is 10.1. The maximum absolute atomic E-state index is 5.84. The predicted octanol–water partition coefficient (Wildman–Crippen LogP) is 3.89. The van der Waals surface area contributed by atoms with Crippen molar-refractivity contribution in [3.8, 4) is 0 Å². The quantitative estimate of drug-likeness (QED) is 0.679. The van der Waals surface area contributed by atoms with Gasteiger partial charge in [0.25, 0.3) is 0 Å². The molecule has 0 radical (unpaired) electrons. The van der Waals surface area contributed by atoms with Gasteiger partial charge in [0.1, 0.15) is 17.5 Å². The van der Waals surface area contributed by atoms with Gasteiger partial charge in [-0.05, 0) is 18.5 Å². The molecule has 0 fully saturated rings. The van der Waals surface area contributed by atoms with Crippen molar-refractivity contribution in [3.05, 3.63) is 47.0 Å². The van der Waals surface area contributed by atoms with Crippen molar-refractivity contribution < 1.29 is 0 Å². The topological polar surface area (TPSA) is 77.2 Å². The molecule has 0 aliphatic carbocycles. The van der Waals surface area contributed by atoms with Crippen LogP contribution < -0.4 is 0 Å². The fourth-order valence-electron chi connectivity index (χ4n) is 3.31. The Kier molecular flexibility index (Phi) is 5.46. The summed E-state index contributed by atoms with van der Waals surface area (Å²) in [7, 11) is 0. The maximum atomic E-state index is 5.84. The van der Waals surface area contributed by atoms with Gasteiger partial charge in [0.2, 0.25) is 5.28 Å². The smallest absolute Gasteiger partial charge is 0.222 e. The zero-order valence-electron chi connectivity index (χ0n) is 15.9. The predicted molar refractivity (Wildman–Crippen MR) is 102 cm³/mol. The molecule has 26 heavy (non-hydrogen) atoms. The fourth-order valence-corrected chi connectivity index (χ4v) is 3.45. The number of hydrogen-bond acceptors (Lipinski definition) is 4. The van der Waals surface area contributed by atoms with Crippen LogP contribution in [0.25, 0.3) is 0 Å². The minimum atomic E-state index is 0.164. The van der Waals surface area contributed by atoms with Crippen LogP contribution in [-0.2, 0) is 13.1 Å². The maximum Gasteiger partial charge on any atom is 0.222 e. The third-order valence-corrected chi connectivity index (χ3v) is 4.69. The summed E-state index contributed by atoms with van der Waals surface area (Å²) in [5.41, 5.74) is 1.06. The summed E-state index contributed by atoms with van der Waals surface area (Å²) in [6.45, 7) is 12.3. The number of rotatable bonds is 7. The normalized spacial score (nSPS) is 14.1. The first-order chi connectivity index (χ1) is 12.3. The molecule has 3 rings (SSSR count). The van der Waals surface area contributed by atoms with E-state index in [0.29, 0.717) is 11.2 Å². The van der Waals surface area contributed by atoms with Gasteiger partial charge < -0.3 is 14.1 Å². The van der Waals surface area contributed by atoms with Gasteiger partial charge in [0.15, 0.2) is 0 Å². The third kappa shape index (κ3) is 3.98. The van der Waals surface area contributed by atoms with Crippen molar-refractivity contribution in [1.29, 1.82) is 0 Å². The molecule has 0 aliphatic rings. The molecule has 7 nitrogen and oxygen atoms in total. The number of nitrogens with one attached hydrogen (secondary N) is 1. The van der Waals surface area contributed by atoms with E-state index in [-0.39, 0.29) is 11.8 Å².